The summed E-state index contributed by atoms with van der Waals surface area (Å²) in [6.07, 6.45) is 1.46. The second-order valence-corrected chi connectivity index (χ2v) is 5.29. The molecule has 20 heavy (non-hydrogen) atoms. The molecule has 0 radical (unpaired) electrons. The van der Waals surface area contributed by atoms with Gasteiger partial charge in [-0.05, 0) is 36.5 Å². The van der Waals surface area contributed by atoms with E-state index in [9.17, 15) is 4.79 Å². The lowest BCUT2D eigenvalue weighted by Gasteiger charge is -2.27. The molecule has 0 aromatic heterocycles. The molecular formula is C18H18O2. The standard InChI is InChI=1S/C18H18O2/c1-2-20-17(19)18(16-10-4-3-5-11-16)12-14-8-6-7-9-15(14)13-18/h3-11H,2,12-13H2,1H3. The van der Waals surface area contributed by atoms with Crippen LogP contribution in [-0.2, 0) is 27.8 Å². The number of carbonyl (C=O) groups excluding carboxylic acids is 1. The molecule has 0 spiro atoms. The third-order valence-corrected chi connectivity index (χ3v) is 4.10. The molecular weight excluding hydrogens is 248 g/mol. The van der Waals surface area contributed by atoms with Crippen LogP contribution in [0.1, 0.15) is 23.6 Å². The molecule has 0 unspecified atom stereocenters. The van der Waals surface area contributed by atoms with E-state index in [0.29, 0.717) is 6.61 Å². The van der Waals surface area contributed by atoms with Crippen LogP contribution in [0.3, 0.4) is 0 Å². The first-order chi connectivity index (χ1) is 9.76. The summed E-state index contributed by atoms with van der Waals surface area (Å²) in [4.78, 5) is 12.6. The van der Waals surface area contributed by atoms with Crippen molar-refractivity contribution in [2.75, 3.05) is 6.61 Å². The molecule has 1 aliphatic carbocycles. The number of rotatable bonds is 3. The molecule has 2 heteroatoms. The second-order valence-electron chi connectivity index (χ2n) is 5.29. The van der Waals surface area contributed by atoms with Crippen LogP contribution < -0.4 is 0 Å². The topological polar surface area (TPSA) is 26.3 Å². The van der Waals surface area contributed by atoms with Crippen LogP contribution in [0.15, 0.2) is 54.6 Å². The minimum absolute atomic E-state index is 0.109. The molecule has 0 amide bonds. The molecule has 0 atom stereocenters. The Bertz CT molecular complexity index is 591. The summed E-state index contributed by atoms with van der Waals surface area (Å²) in [5, 5.41) is 0. The van der Waals surface area contributed by atoms with E-state index < -0.39 is 5.41 Å². The van der Waals surface area contributed by atoms with E-state index in [1.807, 2.05) is 49.4 Å². The lowest BCUT2D eigenvalue weighted by Crippen LogP contribution is -2.38. The molecule has 0 bridgehead atoms. The summed E-state index contributed by atoms with van der Waals surface area (Å²) in [6, 6.07) is 18.3. The summed E-state index contributed by atoms with van der Waals surface area (Å²) in [5.41, 5.74) is 3.00. The summed E-state index contributed by atoms with van der Waals surface area (Å²) < 4.78 is 5.38. The summed E-state index contributed by atoms with van der Waals surface area (Å²) >= 11 is 0. The van der Waals surface area contributed by atoms with E-state index >= 15 is 0 Å². The van der Waals surface area contributed by atoms with Gasteiger partial charge in [0.1, 0.15) is 5.41 Å². The maximum absolute atomic E-state index is 12.6. The SMILES string of the molecule is CCOC(=O)C1(c2ccccc2)Cc2ccccc2C1. The predicted molar refractivity (Wildman–Crippen MR) is 78.6 cm³/mol. The third-order valence-electron chi connectivity index (χ3n) is 4.10. The smallest absolute Gasteiger partial charge is 0.317 e. The number of benzene rings is 2. The lowest BCUT2D eigenvalue weighted by atomic mass is 9.78. The average molecular weight is 266 g/mol. The molecule has 0 saturated heterocycles. The van der Waals surface area contributed by atoms with Crippen molar-refractivity contribution in [2.45, 2.75) is 25.2 Å². The van der Waals surface area contributed by atoms with Gasteiger partial charge >= 0.3 is 5.97 Å². The van der Waals surface area contributed by atoms with Crippen molar-refractivity contribution in [1.29, 1.82) is 0 Å². The van der Waals surface area contributed by atoms with Gasteiger partial charge in [0.05, 0.1) is 6.61 Å². The van der Waals surface area contributed by atoms with Gasteiger partial charge in [-0.3, -0.25) is 4.79 Å². The highest BCUT2D eigenvalue weighted by Gasteiger charge is 2.46. The number of hydrogen-bond donors (Lipinski definition) is 0. The van der Waals surface area contributed by atoms with Crippen LogP contribution in [-0.4, -0.2) is 12.6 Å². The summed E-state index contributed by atoms with van der Waals surface area (Å²) in [6.45, 7) is 2.28. The Morgan fingerprint density at radius 1 is 1.00 bits per heavy atom. The third kappa shape index (κ3) is 2.01. The van der Waals surface area contributed by atoms with E-state index in [1.165, 1.54) is 11.1 Å². The molecule has 1 aliphatic rings. The van der Waals surface area contributed by atoms with E-state index in [-0.39, 0.29) is 5.97 Å². The Kier molecular flexibility index (Phi) is 3.31. The highest BCUT2D eigenvalue weighted by atomic mass is 16.5. The van der Waals surface area contributed by atoms with Gasteiger partial charge < -0.3 is 4.74 Å². The van der Waals surface area contributed by atoms with Gasteiger partial charge in [-0.1, -0.05) is 54.6 Å². The van der Waals surface area contributed by atoms with Crippen LogP contribution in [0.25, 0.3) is 0 Å². The van der Waals surface area contributed by atoms with Crippen molar-refractivity contribution in [3.05, 3.63) is 71.3 Å². The fourth-order valence-corrected chi connectivity index (χ4v) is 3.11. The van der Waals surface area contributed by atoms with Crippen LogP contribution >= 0.6 is 0 Å². The fourth-order valence-electron chi connectivity index (χ4n) is 3.11. The zero-order valence-corrected chi connectivity index (χ0v) is 11.6. The molecule has 102 valence electrons. The minimum Gasteiger partial charge on any atom is -0.465 e. The van der Waals surface area contributed by atoms with Gasteiger partial charge in [0, 0.05) is 0 Å². The molecule has 0 fully saturated rings. The van der Waals surface area contributed by atoms with Crippen molar-refractivity contribution in [1.82, 2.24) is 0 Å². The normalized spacial score (nSPS) is 15.7. The van der Waals surface area contributed by atoms with E-state index in [4.69, 9.17) is 4.74 Å². The van der Waals surface area contributed by atoms with Crippen molar-refractivity contribution >= 4 is 5.97 Å². The maximum Gasteiger partial charge on any atom is 0.317 e. The average Bonchev–Trinajstić information content (AvgIpc) is 2.89. The van der Waals surface area contributed by atoms with Crippen molar-refractivity contribution in [3.8, 4) is 0 Å². The first-order valence-corrected chi connectivity index (χ1v) is 7.06. The fraction of sp³-hybridized carbons (Fsp3) is 0.278. The minimum atomic E-state index is -0.555. The summed E-state index contributed by atoms with van der Waals surface area (Å²) in [5.74, 6) is -0.109. The van der Waals surface area contributed by atoms with Gasteiger partial charge in [-0.15, -0.1) is 0 Å². The molecule has 2 nitrogen and oxygen atoms in total. The zero-order chi connectivity index (χ0) is 14.0. The Labute approximate surface area is 119 Å². The lowest BCUT2D eigenvalue weighted by molar-refractivity contribution is -0.149. The van der Waals surface area contributed by atoms with E-state index in [1.54, 1.807) is 0 Å². The first-order valence-electron chi connectivity index (χ1n) is 7.06. The number of ether oxygens (including phenoxy) is 1. The molecule has 3 rings (SSSR count). The molecule has 0 aliphatic heterocycles. The van der Waals surface area contributed by atoms with Crippen LogP contribution in [0.5, 0.6) is 0 Å². The zero-order valence-electron chi connectivity index (χ0n) is 11.6. The number of carbonyl (C=O) groups is 1. The monoisotopic (exact) mass is 266 g/mol. The predicted octanol–water partition coefficient (Wildman–Crippen LogP) is 3.29. The number of fused-ring (bicyclic) bond motifs is 1. The quantitative estimate of drug-likeness (QED) is 0.797. The highest BCUT2D eigenvalue weighted by molar-refractivity contribution is 5.85. The molecule has 2 aromatic carbocycles. The molecule has 0 saturated carbocycles. The van der Waals surface area contributed by atoms with Gasteiger partial charge in [0.15, 0.2) is 0 Å². The van der Waals surface area contributed by atoms with E-state index in [0.717, 1.165) is 18.4 Å². The number of esters is 1. The van der Waals surface area contributed by atoms with Gasteiger partial charge in [-0.25, -0.2) is 0 Å². The second kappa shape index (κ2) is 5.12. The van der Waals surface area contributed by atoms with Crippen LogP contribution in [0.4, 0.5) is 0 Å². The molecule has 2 aromatic rings. The maximum atomic E-state index is 12.6. The van der Waals surface area contributed by atoms with Crippen LogP contribution in [0.2, 0.25) is 0 Å². The molecule has 0 N–H and O–H groups in total. The number of hydrogen-bond acceptors (Lipinski definition) is 2. The van der Waals surface area contributed by atoms with Crippen LogP contribution in [0, 0.1) is 0 Å². The largest absolute Gasteiger partial charge is 0.465 e. The Morgan fingerprint density at radius 3 is 2.10 bits per heavy atom. The first kappa shape index (κ1) is 12.9. The van der Waals surface area contributed by atoms with Gasteiger partial charge in [-0.2, -0.15) is 0 Å². The Hall–Kier alpha value is -2.09. The Balaban J connectivity index is 2.06. The van der Waals surface area contributed by atoms with E-state index in [2.05, 4.69) is 12.1 Å². The summed E-state index contributed by atoms with van der Waals surface area (Å²) in [7, 11) is 0. The van der Waals surface area contributed by atoms with Gasteiger partial charge in [0.2, 0.25) is 0 Å². The van der Waals surface area contributed by atoms with Crippen molar-refractivity contribution in [2.24, 2.45) is 0 Å². The highest BCUT2D eigenvalue weighted by Crippen LogP contribution is 2.40. The Morgan fingerprint density at radius 2 is 1.55 bits per heavy atom. The van der Waals surface area contributed by atoms with Crippen molar-refractivity contribution < 1.29 is 9.53 Å². The molecule has 0 heterocycles. The van der Waals surface area contributed by atoms with Gasteiger partial charge in [0.25, 0.3) is 0 Å². The van der Waals surface area contributed by atoms with Crippen molar-refractivity contribution in [3.63, 3.8) is 0 Å².